The van der Waals surface area contributed by atoms with Gasteiger partial charge in [-0.1, -0.05) is 29.8 Å². The Morgan fingerprint density at radius 1 is 1.44 bits per heavy atom. The van der Waals surface area contributed by atoms with Crippen LogP contribution in [0.1, 0.15) is 25.8 Å². The van der Waals surface area contributed by atoms with Crippen molar-refractivity contribution in [3.8, 4) is 0 Å². The Bertz CT molecular complexity index is 403. The summed E-state index contributed by atoms with van der Waals surface area (Å²) in [7, 11) is 0. The molecule has 0 aliphatic rings. The molecule has 1 unspecified atom stereocenters. The summed E-state index contributed by atoms with van der Waals surface area (Å²) in [5.41, 5.74) is 0.719. The van der Waals surface area contributed by atoms with Crippen LogP contribution < -0.4 is 5.32 Å². The second kappa shape index (κ2) is 6.85. The molecule has 0 spiro atoms. The smallest absolute Gasteiger partial charge is 0.320 e. The van der Waals surface area contributed by atoms with E-state index in [4.69, 9.17) is 5.11 Å². The van der Waals surface area contributed by atoms with Crippen molar-refractivity contribution < 1.29 is 14.3 Å². The summed E-state index contributed by atoms with van der Waals surface area (Å²) in [4.78, 5) is 11.0. The van der Waals surface area contributed by atoms with E-state index in [0.29, 0.717) is 17.4 Å². The minimum atomic E-state index is -0.876. The van der Waals surface area contributed by atoms with Crippen LogP contribution in [0.15, 0.2) is 22.7 Å². The summed E-state index contributed by atoms with van der Waals surface area (Å²) in [6.07, 6.45) is 0.547. The maximum absolute atomic E-state index is 13.1. The van der Waals surface area contributed by atoms with Crippen molar-refractivity contribution in [2.45, 2.75) is 32.9 Å². The Hall–Kier alpha value is -0.940. The van der Waals surface area contributed by atoms with E-state index < -0.39 is 12.0 Å². The van der Waals surface area contributed by atoms with E-state index in [9.17, 15) is 9.18 Å². The Kier molecular flexibility index (Phi) is 5.75. The number of hydrogen-bond acceptors (Lipinski definition) is 2. The summed E-state index contributed by atoms with van der Waals surface area (Å²) in [5, 5.41) is 12.0. The average Bonchev–Trinajstić information content (AvgIpc) is 2.21. The Morgan fingerprint density at radius 3 is 2.61 bits per heavy atom. The predicted molar refractivity (Wildman–Crippen MR) is 71.8 cm³/mol. The molecule has 1 atom stereocenters. The van der Waals surface area contributed by atoms with Gasteiger partial charge in [0.05, 0.1) is 0 Å². The van der Waals surface area contributed by atoms with Crippen LogP contribution in [0, 0.1) is 11.7 Å². The number of aliphatic carboxylic acids is 1. The van der Waals surface area contributed by atoms with Gasteiger partial charge in [-0.25, -0.2) is 4.39 Å². The average molecular weight is 318 g/mol. The molecule has 100 valence electrons. The minimum Gasteiger partial charge on any atom is -0.480 e. The van der Waals surface area contributed by atoms with Crippen LogP contribution in [0.5, 0.6) is 0 Å². The number of hydrogen-bond donors (Lipinski definition) is 2. The predicted octanol–water partition coefficient (Wildman–Crippen LogP) is 3.18. The topological polar surface area (TPSA) is 49.3 Å². The second-order valence-electron chi connectivity index (χ2n) is 4.68. The zero-order valence-corrected chi connectivity index (χ0v) is 12.0. The van der Waals surface area contributed by atoms with Crippen molar-refractivity contribution in [1.29, 1.82) is 0 Å². The molecule has 0 fully saturated rings. The molecule has 0 aliphatic carbocycles. The van der Waals surface area contributed by atoms with E-state index in [1.807, 2.05) is 13.8 Å². The molecule has 0 saturated heterocycles. The van der Waals surface area contributed by atoms with E-state index >= 15 is 0 Å². The first-order valence-corrected chi connectivity index (χ1v) is 6.59. The molecular formula is C13H17BrFNO2. The highest BCUT2D eigenvalue weighted by molar-refractivity contribution is 9.10. The van der Waals surface area contributed by atoms with Crippen LogP contribution in [0.25, 0.3) is 0 Å². The zero-order chi connectivity index (χ0) is 13.7. The first-order valence-electron chi connectivity index (χ1n) is 5.79. The summed E-state index contributed by atoms with van der Waals surface area (Å²) in [6.45, 7) is 4.27. The molecule has 0 saturated carbocycles. The molecule has 5 heteroatoms. The van der Waals surface area contributed by atoms with Crippen molar-refractivity contribution in [2.75, 3.05) is 0 Å². The number of carboxylic acid groups (broad SMARTS) is 1. The van der Waals surface area contributed by atoms with Crippen molar-refractivity contribution in [2.24, 2.45) is 5.92 Å². The summed E-state index contributed by atoms with van der Waals surface area (Å²) >= 11 is 3.21. The minimum absolute atomic E-state index is 0.290. The molecule has 18 heavy (non-hydrogen) atoms. The van der Waals surface area contributed by atoms with Gasteiger partial charge in [-0.15, -0.1) is 0 Å². The van der Waals surface area contributed by atoms with Gasteiger partial charge >= 0.3 is 5.97 Å². The largest absolute Gasteiger partial charge is 0.480 e. The van der Waals surface area contributed by atoms with E-state index in [2.05, 4.69) is 21.2 Å². The van der Waals surface area contributed by atoms with Crippen LogP contribution in [0.4, 0.5) is 4.39 Å². The highest BCUT2D eigenvalue weighted by Gasteiger charge is 2.18. The summed E-state index contributed by atoms with van der Waals surface area (Å²) < 4.78 is 13.8. The molecule has 0 bridgehead atoms. The summed E-state index contributed by atoms with van der Waals surface area (Å²) in [5.74, 6) is -0.922. The molecule has 2 N–H and O–H groups in total. The number of benzene rings is 1. The Balaban J connectivity index is 2.63. The number of carbonyl (C=O) groups is 1. The number of rotatable bonds is 6. The monoisotopic (exact) mass is 317 g/mol. The Morgan fingerprint density at radius 2 is 2.11 bits per heavy atom. The highest BCUT2D eigenvalue weighted by atomic mass is 79.9. The molecule has 0 aliphatic heterocycles. The van der Waals surface area contributed by atoms with E-state index in [-0.39, 0.29) is 11.7 Å². The first-order chi connectivity index (χ1) is 8.38. The highest BCUT2D eigenvalue weighted by Crippen LogP contribution is 2.15. The van der Waals surface area contributed by atoms with Gasteiger partial charge in [-0.05, 0) is 36.1 Å². The molecule has 1 aromatic rings. The van der Waals surface area contributed by atoms with Gasteiger partial charge in [0.1, 0.15) is 11.9 Å². The van der Waals surface area contributed by atoms with Crippen LogP contribution in [-0.2, 0) is 11.3 Å². The second-order valence-corrected chi connectivity index (χ2v) is 5.59. The molecule has 3 nitrogen and oxygen atoms in total. The van der Waals surface area contributed by atoms with Crippen molar-refractivity contribution in [3.05, 3.63) is 34.1 Å². The van der Waals surface area contributed by atoms with Gasteiger partial charge < -0.3 is 10.4 Å². The fourth-order valence-corrected chi connectivity index (χ4v) is 2.21. The molecule has 0 amide bonds. The summed E-state index contributed by atoms with van der Waals surface area (Å²) in [6, 6.07) is 3.93. The lowest BCUT2D eigenvalue weighted by Gasteiger charge is -2.16. The van der Waals surface area contributed by atoms with Crippen LogP contribution >= 0.6 is 15.9 Å². The van der Waals surface area contributed by atoms with Crippen LogP contribution in [0.3, 0.4) is 0 Å². The fraction of sp³-hybridized carbons (Fsp3) is 0.462. The normalized spacial score (nSPS) is 12.7. The van der Waals surface area contributed by atoms with Crippen LogP contribution in [-0.4, -0.2) is 17.1 Å². The van der Waals surface area contributed by atoms with Gasteiger partial charge in [0.25, 0.3) is 0 Å². The lowest BCUT2D eigenvalue weighted by molar-refractivity contribution is -0.140. The molecular weight excluding hydrogens is 301 g/mol. The van der Waals surface area contributed by atoms with E-state index in [0.717, 1.165) is 5.56 Å². The first kappa shape index (κ1) is 15.1. The van der Waals surface area contributed by atoms with Gasteiger partial charge in [-0.3, -0.25) is 4.79 Å². The molecule has 0 heterocycles. The quantitative estimate of drug-likeness (QED) is 0.847. The van der Waals surface area contributed by atoms with E-state index in [1.165, 1.54) is 12.1 Å². The number of carboxylic acids is 1. The van der Waals surface area contributed by atoms with Crippen molar-refractivity contribution >= 4 is 21.9 Å². The van der Waals surface area contributed by atoms with E-state index in [1.54, 1.807) is 6.07 Å². The van der Waals surface area contributed by atoms with Gasteiger partial charge in [-0.2, -0.15) is 0 Å². The van der Waals surface area contributed by atoms with Gasteiger partial charge in [0, 0.05) is 11.0 Å². The van der Waals surface area contributed by atoms with Crippen molar-refractivity contribution in [1.82, 2.24) is 5.32 Å². The third-order valence-corrected chi connectivity index (χ3v) is 2.94. The molecule has 1 rings (SSSR count). The van der Waals surface area contributed by atoms with Gasteiger partial charge in [0.15, 0.2) is 0 Å². The van der Waals surface area contributed by atoms with Gasteiger partial charge in [0.2, 0.25) is 0 Å². The lowest BCUT2D eigenvalue weighted by atomic mass is 10.0. The lowest BCUT2D eigenvalue weighted by Crippen LogP contribution is -2.37. The van der Waals surface area contributed by atoms with Crippen LogP contribution in [0.2, 0.25) is 0 Å². The number of halogens is 2. The molecule has 0 radical (unpaired) electrons. The fourth-order valence-electron chi connectivity index (χ4n) is 1.70. The third kappa shape index (κ3) is 5.14. The zero-order valence-electron chi connectivity index (χ0n) is 10.4. The maximum Gasteiger partial charge on any atom is 0.320 e. The Labute approximate surface area is 115 Å². The number of nitrogens with one attached hydrogen (secondary N) is 1. The standard InChI is InChI=1S/C13H17BrFNO2/c1-8(2)3-12(13(17)18)16-7-9-4-10(14)6-11(15)5-9/h4-6,8,12,16H,3,7H2,1-2H3,(H,17,18). The maximum atomic E-state index is 13.1. The molecule has 1 aromatic carbocycles. The SMILES string of the molecule is CC(C)CC(NCc1cc(F)cc(Br)c1)C(=O)O. The molecule has 0 aromatic heterocycles. The third-order valence-electron chi connectivity index (χ3n) is 2.48. The van der Waals surface area contributed by atoms with Crippen molar-refractivity contribution in [3.63, 3.8) is 0 Å².